The molecule has 0 bridgehead atoms. The number of hydrogen-bond donors (Lipinski definition) is 1. The number of amides is 1. The Morgan fingerprint density at radius 2 is 1.69 bits per heavy atom. The summed E-state index contributed by atoms with van der Waals surface area (Å²) < 4.78 is 10.5. The van der Waals surface area contributed by atoms with E-state index in [1.54, 1.807) is 12.1 Å². The molecular weight excluding hydrogens is 416 g/mol. The van der Waals surface area contributed by atoms with Crippen LogP contribution in [0.1, 0.15) is 37.2 Å². The average Bonchev–Trinajstić information content (AvgIpc) is 2.79. The van der Waals surface area contributed by atoms with Crippen molar-refractivity contribution in [2.24, 2.45) is 0 Å². The van der Waals surface area contributed by atoms with E-state index in [0.29, 0.717) is 41.8 Å². The van der Waals surface area contributed by atoms with Gasteiger partial charge in [0.25, 0.3) is 5.69 Å². The van der Waals surface area contributed by atoms with Crippen LogP contribution in [0.5, 0.6) is 17.2 Å². The van der Waals surface area contributed by atoms with Gasteiger partial charge < -0.3 is 14.6 Å². The summed E-state index contributed by atoms with van der Waals surface area (Å²) in [5.74, 6) is -0.546. The van der Waals surface area contributed by atoms with Crippen LogP contribution in [-0.4, -0.2) is 35.9 Å². The van der Waals surface area contributed by atoms with Crippen LogP contribution in [0.3, 0.4) is 0 Å². The summed E-state index contributed by atoms with van der Waals surface area (Å²) in [5, 5.41) is 21.2. The molecule has 1 aliphatic carbocycles. The number of allylic oxidation sites excluding steroid dienone is 2. The maximum Gasteiger partial charge on any atom is 0.269 e. The van der Waals surface area contributed by atoms with Crippen molar-refractivity contribution in [2.75, 3.05) is 19.1 Å². The molecule has 0 fully saturated rings. The number of nitro groups is 1. The van der Waals surface area contributed by atoms with Gasteiger partial charge in [0, 0.05) is 47.8 Å². The van der Waals surface area contributed by atoms with E-state index in [4.69, 9.17) is 9.47 Å². The number of hydrogen-bond acceptors (Lipinski definition) is 7. The van der Waals surface area contributed by atoms with E-state index in [-0.39, 0.29) is 41.0 Å². The molecule has 1 N–H and O–H groups in total. The Morgan fingerprint density at radius 3 is 2.25 bits per heavy atom. The molecular formula is C23H22N2O7. The van der Waals surface area contributed by atoms with Crippen LogP contribution in [0.15, 0.2) is 47.7 Å². The molecule has 0 aromatic heterocycles. The molecule has 1 amide bonds. The van der Waals surface area contributed by atoms with Crippen molar-refractivity contribution in [1.82, 2.24) is 0 Å². The molecule has 1 aliphatic heterocycles. The van der Waals surface area contributed by atoms with Crippen molar-refractivity contribution in [3.05, 3.63) is 63.3 Å². The number of anilines is 1. The second-order valence-corrected chi connectivity index (χ2v) is 7.67. The number of ether oxygens (including phenoxy) is 2. The molecule has 0 saturated carbocycles. The summed E-state index contributed by atoms with van der Waals surface area (Å²) in [7, 11) is 2.83. The first kappa shape index (κ1) is 21.4. The Bertz CT molecular complexity index is 1110. The van der Waals surface area contributed by atoms with Gasteiger partial charge >= 0.3 is 0 Å². The van der Waals surface area contributed by atoms with Gasteiger partial charge in [0.05, 0.1) is 19.1 Å². The highest BCUT2D eigenvalue weighted by molar-refractivity contribution is 6.07. The SMILES string of the molecule is COc1cc(C2CC(=O)N(c3ccc([N+](=O)[O-])cc3)C3=C2C(=O)CCC3)cc(OC)c1O. The molecule has 1 unspecified atom stereocenters. The highest BCUT2D eigenvalue weighted by atomic mass is 16.6. The van der Waals surface area contributed by atoms with Crippen molar-refractivity contribution in [3.8, 4) is 17.2 Å². The van der Waals surface area contributed by atoms with Crippen LogP contribution in [0.2, 0.25) is 0 Å². The summed E-state index contributed by atoms with van der Waals surface area (Å²) in [6.07, 6.45) is 1.55. The van der Waals surface area contributed by atoms with Crippen LogP contribution in [0.25, 0.3) is 0 Å². The van der Waals surface area contributed by atoms with Crippen molar-refractivity contribution < 1.29 is 29.1 Å². The molecule has 2 aromatic carbocycles. The van der Waals surface area contributed by atoms with Gasteiger partial charge in [0.1, 0.15) is 0 Å². The smallest absolute Gasteiger partial charge is 0.269 e. The molecule has 1 heterocycles. The van der Waals surface area contributed by atoms with E-state index in [0.717, 1.165) is 0 Å². The van der Waals surface area contributed by atoms with E-state index in [1.807, 2.05) is 0 Å². The second kappa shape index (κ2) is 8.33. The van der Waals surface area contributed by atoms with Gasteiger partial charge in [-0.05, 0) is 42.7 Å². The molecule has 4 rings (SSSR count). The molecule has 166 valence electrons. The fourth-order valence-electron chi connectivity index (χ4n) is 4.42. The summed E-state index contributed by atoms with van der Waals surface area (Å²) in [5.41, 5.74) is 2.21. The van der Waals surface area contributed by atoms with E-state index in [1.165, 1.54) is 43.4 Å². The number of nitrogens with zero attached hydrogens (tertiary/aromatic N) is 2. The number of benzene rings is 2. The normalized spacial score (nSPS) is 18.4. The molecule has 32 heavy (non-hydrogen) atoms. The minimum absolute atomic E-state index is 0.0264. The lowest BCUT2D eigenvalue weighted by atomic mass is 9.77. The number of Topliss-reactive ketones (excluding diaryl/α,β-unsaturated/α-hetero) is 1. The number of phenolic OH excluding ortho intramolecular Hbond substituents is 1. The number of ketones is 1. The number of non-ortho nitro benzene ring substituents is 1. The first-order valence-corrected chi connectivity index (χ1v) is 10.1. The van der Waals surface area contributed by atoms with E-state index >= 15 is 0 Å². The minimum atomic E-state index is -0.511. The molecule has 9 heteroatoms. The lowest BCUT2D eigenvalue weighted by molar-refractivity contribution is -0.384. The second-order valence-electron chi connectivity index (χ2n) is 7.67. The number of methoxy groups -OCH3 is 2. The largest absolute Gasteiger partial charge is 0.502 e. The zero-order valence-corrected chi connectivity index (χ0v) is 17.7. The van der Waals surface area contributed by atoms with Crippen LogP contribution >= 0.6 is 0 Å². The van der Waals surface area contributed by atoms with Crippen LogP contribution in [0.4, 0.5) is 11.4 Å². The van der Waals surface area contributed by atoms with Gasteiger partial charge in [-0.1, -0.05) is 0 Å². The van der Waals surface area contributed by atoms with E-state index < -0.39 is 10.8 Å². The van der Waals surface area contributed by atoms with Crippen LogP contribution in [-0.2, 0) is 9.59 Å². The average molecular weight is 438 g/mol. The van der Waals surface area contributed by atoms with Crippen molar-refractivity contribution >= 4 is 23.1 Å². The monoisotopic (exact) mass is 438 g/mol. The fourth-order valence-corrected chi connectivity index (χ4v) is 4.42. The quantitative estimate of drug-likeness (QED) is 0.556. The summed E-state index contributed by atoms with van der Waals surface area (Å²) in [6.45, 7) is 0. The highest BCUT2D eigenvalue weighted by Gasteiger charge is 2.40. The predicted molar refractivity (Wildman–Crippen MR) is 115 cm³/mol. The fraction of sp³-hybridized carbons (Fsp3) is 0.304. The first-order valence-electron chi connectivity index (χ1n) is 10.1. The molecule has 9 nitrogen and oxygen atoms in total. The van der Waals surface area contributed by atoms with Crippen molar-refractivity contribution in [1.29, 1.82) is 0 Å². The first-order chi connectivity index (χ1) is 15.3. The summed E-state index contributed by atoms with van der Waals surface area (Å²) >= 11 is 0. The Morgan fingerprint density at radius 1 is 1.06 bits per heavy atom. The molecule has 0 spiro atoms. The minimum Gasteiger partial charge on any atom is -0.502 e. The standard InChI is InChI=1S/C23H22N2O7/c1-31-19-10-13(11-20(32-2)23(19)28)16-12-21(27)24(17-4-3-5-18(26)22(16)17)14-6-8-15(9-7-14)25(29)30/h6-11,16,28H,3-5,12H2,1-2H3. The molecule has 1 atom stereocenters. The topological polar surface area (TPSA) is 119 Å². The molecule has 2 aliphatic rings. The Balaban J connectivity index is 1.84. The van der Waals surface area contributed by atoms with Crippen molar-refractivity contribution in [2.45, 2.75) is 31.6 Å². The zero-order valence-electron chi connectivity index (χ0n) is 17.7. The number of phenols is 1. The van der Waals surface area contributed by atoms with Crippen LogP contribution < -0.4 is 14.4 Å². The van der Waals surface area contributed by atoms with Crippen LogP contribution in [0, 0.1) is 10.1 Å². The number of carbonyl (C=O) groups excluding carboxylic acids is 2. The maximum absolute atomic E-state index is 13.3. The zero-order chi connectivity index (χ0) is 23.0. The van der Waals surface area contributed by atoms with Gasteiger partial charge in [-0.25, -0.2) is 0 Å². The summed E-state index contributed by atoms with van der Waals surface area (Å²) in [4.78, 5) is 38.3. The van der Waals surface area contributed by atoms with Gasteiger partial charge in [0.2, 0.25) is 11.7 Å². The van der Waals surface area contributed by atoms with Gasteiger partial charge in [-0.15, -0.1) is 0 Å². The third kappa shape index (κ3) is 3.55. The van der Waals surface area contributed by atoms with Gasteiger partial charge in [-0.3, -0.25) is 24.6 Å². The van der Waals surface area contributed by atoms with Gasteiger partial charge in [0.15, 0.2) is 17.3 Å². The highest BCUT2D eigenvalue weighted by Crippen LogP contribution is 2.47. The Kier molecular flexibility index (Phi) is 5.56. The lowest BCUT2D eigenvalue weighted by Crippen LogP contribution is -2.40. The number of nitro benzene ring substituents is 1. The number of aromatic hydroxyl groups is 1. The summed E-state index contributed by atoms with van der Waals surface area (Å²) in [6, 6.07) is 8.96. The third-order valence-corrected chi connectivity index (χ3v) is 5.90. The Labute approximate surface area is 184 Å². The molecule has 0 saturated heterocycles. The van der Waals surface area contributed by atoms with E-state index in [9.17, 15) is 24.8 Å². The lowest BCUT2D eigenvalue weighted by Gasteiger charge is -2.38. The van der Waals surface area contributed by atoms with Gasteiger partial charge in [-0.2, -0.15) is 0 Å². The number of carbonyl (C=O) groups is 2. The Hall–Kier alpha value is -3.88. The van der Waals surface area contributed by atoms with E-state index in [2.05, 4.69) is 0 Å². The molecule has 2 aromatic rings. The number of rotatable bonds is 5. The predicted octanol–water partition coefficient (Wildman–Crippen LogP) is 3.85. The third-order valence-electron chi connectivity index (χ3n) is 5.90. The maximum atomic E-state index is 13.3. The van der Waals surface area contributed by atoms with Crippen molar-refractivity contribution in [3.63, 3.8) is 0 Å². The molecule has 0 radical (unpaired) electrons.